The van der Waals surface area contributed by atoms with E-state index in [9.17, 15) is 0 Å². The van der Waals surface area contributed by atoms with Crippen LogP contribution in [0.1, 0.15) is 5.69 Å². The van der Waals surface area contributed by atoms with Crippen LogP contribution in [0.25, 0.3) is 33.3 Å². The Morgan fingerprint density at radius 3 is 2.70 bits per heavy atom. The molecule has 0 radical (unpaired) electrons. The van der Waals surface area contributed by atoms with Crippen molar-refractivity contribution in [3.8, 4) is 28.5 Å². The number of H-pyrrole nitrogens is 1. The van der Waals surface area contributed by atoms with Gasteiger partial charge in [-0.1, -0.05) is 24.3 Å². The summed E-state index contributed by atoms with van der Waals surface area (Å²) in [7, 11) is 2.04. The molecule has 0 saturated heterocycles. The minimum absolute atomic E-state index is 0.306. The summed E-state index contributed by atoms with van der Waals surface area (Å²) in [5.74, 6) is 0. The Morgan fingerprint density at radius 1 is 1.00 bits per heavy atom. The fraction of sp³-hybridized carbons (Fsp3) is 0.0556. The largest absolute Gasteiger partial charge is 0.351 e. The molecule has 0 saturated carbocycles. The van der Waals surface area contributed by atoms with Crippen molar-refractivity contribution in [3.63, 3.8) is 0 Å². The number of aromatic amines is 1. The molecule has 0 aliphatic heterocycles. The highest BCUT2D eigenvalue weighted by Crippen LogP contribution is 2.28. The van der Waals surface area contributed by atoms with Crippen LogP contribution in [0.5, 0.6) is 0 Å². The van der Waals surface area contributed by atoms with Crippen molar-refractivity contribution in [1.29, 1.82) is 5.26 Å². The van der Waals surface area contributed by atoms with Crippen LogP contribution in [0.4, 0.5) is 0 Å². The number of aryl methyl sites for hydroxylation is 1. The summed E-state index contributed by atoms with van der Waals surface area (Å²) in [5, 5.41) is 20.8. The van der Waals surface area contributed by atoms with E-state index < -0.39 is 0 Å². The fourth-order valence-corrected chi connectivity index (χ4v) is 2.82. The smallest absolute Gasteiger partial charge is 0.190 e. The Kier molecular flexibility index (Phi) is 2.95. The summed E-state index contributed by atoms with van der Waals surface area (Å²) in [4.78, 5) is 0. The lowest BCUT2D eigenvalue weighted by molar-refractivity contribution is 0.937. The fourth-order valence-electron chi connectivity index (χ4n) is 2.82. The molecule has 0 unspecified atom stereocenters. The number of fused-ring (bicyclic) bond motifs is 1. The molecule has 2 aromatic carbocycles. The van der Waals surface area contributed by atoms with E-state index in [0.717, 1.165) is 16.7 Å². The molecule has 5 nitrogen and oxygen atoms in total. The molecule has 4 rings (SSSR count). The lowest BCUT2D eigenvalue weighted by Crippen LogP contribution is -1.86. The normalized spacial score (nSPS) is 10.8. The van der Waals surface area contributed by atoms with Crippen molar-refractivity contribution < 1.29 is 0 Å². The maximum absolute atomic E-state index is 9.10. The number of nitriles is 1. The van der Waals surface area contributed by atoms with Gasteiger partial charge in [-0.05, 0) is 35.4 Å². The maximum Gasteiger partial charge on any atom is 0.190 e. The van der Waals surface area contributed by atoms with Gasteiger partial charge in [0.25, 0.3) is 0 Å². The van der Waals surface area contributed by atoms with Crippen molar-refractivity contribution in [3.05, 3.63) is 60.4 Å². The molecule has 0 bridgehead atoms. The Hall–Kier alpha value is -3.39. The van der Waals surface area contributed by atoms with Gasteiger partial charge in [0, 0.05) is 29.7 Å². The van der Waals surface area contributed by atoms with Gasteiger partial charge in [-0.15, -0.1) is 5.10 Å². The molecule has 0 spiro atoms. The Bertz CT molecular complexity index is 1050. The molecule has 0 aliphatic rings. The zero-order chi connectivity index (χ0) is 15.8. The van der Waals surface area contributed by atoms with Crippen LogP contribution in [0.15, 0.2) is 54.7 Å². The lowest BCUT2D eigenvalue weighted by atomic mass is 10.00. The van der Waals surface area contributed by atoms with Gasteiger partial charge in [-0.3, -0.25) is 0 Å². The van der Waals surface area contributed by atoms with Gasteiger partial charge in [-0.25, -0.2) is 0 Å². The van der Waals surface area contributed by atoms with Gasteiger partial charge >= 0.3 is 0 Å². The predicted octanol–water partition coefficient (Wildman–Crippen LogP) is 3.50. The van der Waals surface area contributed by atoms with E-state index in [-0.39, 0.29) is 0 Å². The number of nitrogens with zero attached hydrogens (tertiary/aromatic N) is 4. The SMILES string of the molecule is Cn1ccc2cc(-c3cccc(-c4n[nH]nc4C#N)c3)ccc21. The zero-order valence-electron chi connectivity index (χ0n) is 12.5. The molecular weight excluding hydrogens is 286 g/mol. The molecule has 1 N–H and O–H groups in total. The standard InChI is InChI=1S/C18H13N5/c1-23-8-7-14-9-13(5-6-17(14)23)12-3-2-4-15(10-12)18-16(11-19)20-22-21-18/h2-10H,1H3,(H,20,21,22). The van der Waals surface area contributed by atoms with E-state index in [2.05, 4.69) is 62.6 Å². The quantitative estimate of drug-likeness (QED) is 0.616. The number of benzene rings is 2. The summed E-state index contributed by atoms with van der Waals surface area (Å²) >= 11 is 0. The molecule has 5 heteroatoms. The third-order valence-corrected chi connectivity index (χ3v) is 4.01. The van der Waals surface area contributed by atoms with E-state index >= 15 is 0 Å². The summed E-state index contributed by atoms with van der Waals surface area (Å²) in [6.07, 6.45) is 2.06. The highest BCUT2D eigenvalue weighted by Gasteiger charge is 2.11. The summed E-state index contributed by atoms with van der Waals surface area (Å²) in [6, 6.07) is 18.5. The van der Waals surface area contributed by atoms with Crippen LogP contribution >= 0.6 is 0 Å². The molecule has 0 fully saturated rings. The summed E-state index contributed by atoms with van der Waals surface area (Å²) in [5.41, 5.74) is 5.18. The molecule has 4 aromatic rings. The summed E-state index contributed by atoms with van der Waals surface area (Å²) < 4.78 is 2.10. The van der Waals surface area contributed by atoms with Crippen LogP contribution in [0, 0.1) is 11.3 Å². The van der Waals surface area contributed by atoms with Crippen molar-refractivity contribution in [2.24, 2.45) is 7.05 Å². The van der Waals surface area contributed by atoms with Crippen LogP contribution in [0.3, 0.4) is 0 Å². The minimum Gasteiger partial charge on any atom is -0.351 e. The Morgan fingerprint density at radius 2 is 1.83 bits per heavy atom. The number of nitrogens with one attached hydrogen (secondary N) is 1. The zero-order valence-corrected chi connectivity index (χ0v) is 12.5. The third kappa shape index (κ3) is 2.17. The van der Waals surface area contributed by atoms with Gasteiger partial charge in [-0.2, -0.15) is 15.6 Å². The first-order valence-electron chi connectivity index (χ1n) is 7.23. The number of aromatic nitrogens is 4. The van der Waals surface area contributed by atoms with Crippen molar-refractivity contribution in [2.75, 3.05) is 0 Å². The topological polar surface area (TPSA) is 70.3 Å². The second kappa shape index (κ2) is 5.11. The first-order chi connectivity index (χ1) is 11.3. The maximum atomic E-state index is 9.10. The molecule has 0 atom stereocenters. The molecule has 0 aliphatic carbocycles. The van der Waals surface area contributed by atoms with E-state index in [0.29, 0.717) is 11.4 Å². The Balaban J connectivity index is 1.82. The monoisotopic (exact) mass is 299 g/mol. The van der Waals surface area contributed by atoms with Crippen molar-refractivity contribution in [1.82, 2.24) is 20.0 Å². The number of rotatable bonds is 2. The van der Waals surface area contributed by atoms with E-state index in [4.69, 9.17) is 5.26 Å². The predicted molar refractivity (Wildman–Crippen MR) is 88.4 cm³/mol. The Labute approximate surface area is 132 Å². The molecule has 2 heterocycles. The number of hydrogen-bond acceptors (Lipinski definition) is 3. The van der Waals surface area contributed by atoms with E-state index in [1.54, 1.807) is 0 Å². The van der Waals surface area contributed by atoms with Crippen LogP contribution in [-0.4, -0.2) is 20.0 Å². The van der Waals surface area contributed by atoms with Gasteiger partial charge in [0.05, 0.1) is 0 Å². The first-order valence-corrected chi connectivity index (χ1v) is 7.23. The van der Waals surface area contributed by atoms with Gasteiger partial charge in [0.2, 0.25) is 0 Å². The first kappa shape index (κ1) is 13.3. The summed E-state index contributed by atoms with van der Waals surface area (Å²) in [6.45, 7) is 0. The average Bonchev–Trinajstić information content (AvgIpc) is 3.21. The highest BCUT2D eigenvalue weighted by atomic mass is 15.3. The van der Waals surface area contributed by atoms with Crippen molar-refractivity contribution in [2.45, 2.75) is 0 Å². The average molecular weight is 299 g/mol. The third-order valence-electron chi connectivity index (χ3n) is 4.01. The molecule has 0 amide bonds. The number of hydrogen-bond donors (Lipinski definition) is 1. The second-order valence-corrected chi connectivity index (χ2v) is 5.41. The van der Waals surface area contributed by atoms with Gasteiger partial charge in [0.1, 0.15) is 11.8 Å². The molecule has 23 heavy (non-hydrogen) atoms. The van der Waals surface area contributed by atoms with Gasteiger partial charge < -0.3 is 4.57 Å². The highest BCUT2D eigenvalue weighted by molar-refractivity contribution is 5.86. The van der Waals surface area contributed by atoms with Crippen molar-refractivity contribution >= 4 is 10.9 Å². The van der Waals surface area contributed by atoms with Crippen LogP contribution in [0.2, 0.25) is 0 Å². The van der Waals surface area contributed by atoms with E-state index in [1.807, 2.05) is 25.2 Å². The molecule has 110 valence electrons. The van der Waals surface area contributed by atoms with Crippen LogP contribution in [-0.2, 0) is 7.05 Å². The van der Waals surface area contributed by atoms with Crippen LogP contribution < -0.4 is 0 Å². The molecule has 2 aromatic heterocycles. The minimum atomic E-state index is 0.306. The second-order valence-electron chi connectivity index (χ2n) is 5.41. The van der Waals surface area contributed by atoms with Gasteiger partial charge in [0.15, 0.2) is 5.69 Å². The molecular formula is C18H13N5. The van der Waals surface area contributed by atoms with E-state index in [1.165, 1.54) is 10.9 Å². The lowest BCUT2D eigenvalue weighted by Gasteiger charge is -2.05.